The Morgan fingerprint density at radius 3 is 2.69 bits per heavy atom. The SMILES string of the molecule is CN=C(NCCc1nc(-c2ccc(Cl)cc2)no1)N(C)CCC1CCOCC1.I. The van der Waals surface area contributed by atoms with Crippen LogP contribution < -0.4 is 5.32 Å². The molecule has 7 nitrogen and oxygen atoms in total. The van der Waals surface area contributed by atoms with Gasteiger partial charge in [-0.15, -0.1) is 24.0 Å². The largest absolute Gasteiger partial charge is 0.381 e. The molecule has 29 heavy (non-hydrogen) atoms. The molecule has 160 valence electrons. The molecular formula is C20H29ClIN5O2. The van der Waals surface area contributed by atoms with Crippen molar-refractivity contribution in [2.24, 2.45) is 10.9 Å². The Balaban J connectivity index is 0.00000300. The summed E-state index contributed by atoms with van der Waals surface area (Å²) in [5.74, 6) is 2.80. The minimum absolute atomic E-state index is 0. The van der Waals surface area contributed by atoms with Gasteiger partial charge in [0.1, 0.15) is 0 Å². The van der Waals surface area contributed by atoms with E-state index in [1.54, 1.807) is 7.05 Å². The number of nitrogens with one attached hydrogen (secondary N) is 1. The third-order valence-corrected chi connectivity index (χ3v) is 5.23. The van der Waals surface area contributed by atoms with E-state index in [2.05, 4.69) is 32.4 Å². The van der Waals surface area contributed by atoms with Crippen molar-refractivity contribution in [2.75, 3.05) is 40.4 Å². The first kappa shape index (κ1) is 23.9. The maximum absolute atomic E-state index is 5.91. The van der Waals surface area contributed by atoms with Gasteiger partial charge in [-0.25, -0.2) is 0 Å². The number of aromatic nitrogens is 2. The molecule has 1 aromatic carbocycles. The van der Waals surface area contributed by atoms with Gasteiger partial charge in [0.05, 0.1) is 0 Å². The second-order valence-corrected chi connectivity index (χ2v) is 7.45. The molecule has 1 aliphatic heterocycles. The zero-order chi connectivity index (χ0) is 19.8. The molecule has 0 amide bonds. The summed E-state index contributed by atoms with van der Waals surface area (Å²) in [5, 5.41) is 8.09. The number of benzene rings is 1. The van der Waals surface area contributed by atoms with Gasteiger partial charge in [-0.1, -0.05) is 16.8 Å². The van der Waals surface area contributed by atoms with E-state index in [0.717, 1.165) is 56.5 Å². The van der Waals surface area contributed by atoms with Crippen LogP contribution in [-0.4, -0.2) is 61.4 Å². The molecule has 0 aliphatic carbocycles. The Kier molecular flexibility index (Phi) is 10.2. The Labute approximate surface area is 194 Å². The molecule has 9 heteroatoms. The van der Waals surface area contributed by atoms with Gasteiger partial charge in [0.25, 0.3) is 0 Å². The van der Waals surface area contributed by atoms with Crippen LogP contribution >= 0.6 is 35.6 Å². The van der Waals surface area contributed by atoms with Crippen molar-refractivity contribution >= 4 is 41.5 Å². The fourth-order valence-electron chi connectivity index (χ4n) is 3.26. The summed E-state index contributed by atoms with van der Waals surface area (Å²) in [5.41, 5.74) is 0.885. The number of halogens is 2. The summed E-state index contributed by atoms with van der Waals surface area (Å²) in [6, 6.07) is 7.39. The lowest BCUT2D eigenvalue weighted by atomic mass is 9.96. The minimum atomic E-state index is 0. The first-order chi connectivity index (χ1) is 13.7. The van der Waals surface area contributed by atoms with Crippen LogP contribution in [0.1, 0.15) is 25.2 Å². The van der Waals surface area contributed by atoms with Gasteiger partial charge in [0, 0.05) is 57.4 Å². The summed E-state index contributed by atoms with van der Waals surface area (Å²) in [4.78, 5) is 11.0. The molecule has 1 aliphatic rings. The van der Waals surface area contributed by atoms with Crippen molar-refractivity contribution in [1.82, 2.24) is 20.4 Å². The van der Waals surface area contributed by atoms with Crippen molar-refractivity contribution in [2.45, 2.75) is 25.7 Å². The lowest BCUT2D eigenvalue weighted by molar-refractivity contribution is 0.0625. The second-order valence-electron chi connectivity index (χ2n) is 7.01. The highest BCUT2D eigenvalue weighted by Gasteiger charge is 2.15. The Morgan fingerprint density at radius 1 is 1.28 bits per heavy atom. The Morgan fingerprint density at radius 2 is 2.00 bits per heavy atom. The smallest absolute Gasteiger partial charge is 0.228 e. The van der Waals surface area contributed by atoms with E-state index in [-0.39, 0.29) is 24.0 Å². The molecule has 2 heterocycles. The predicted molar refractivity (Wildman–Crippen MR) is 126 cm³/mol. The average molecular weight is 534 g/mol. The molecule has 0 saturated carbocycles. The van der Waals surface area contributed by atoms with Crippen LogP contribution in [0.2, 0.25) is 5.02 Å². The summed E-state index contributed by atoms with van der Waals surface area (Å²) in [6.07, 6.45) is 4.11. The summed E-state index contributed by atoms with van der Waals surface area (Å²) < 4.78 is 10.8. The zero-order valence-electron chi connectivity index (χ0n) is 16.9. The van der Waals surface area contributed by atoms with Gasteiger partial charge in [0.15, 0.2) is 5.96 Å². The van der Waals surface area contributed by atoms with Crippen LogP contribution in [-0.2, 0) is 11.2 Å². The standard InChI is InChI=1S/C20H28ClN5O2.HI/c1-22-20(26(2)12-8-15-9-13-27-14-10-15)23-11-7-18-24-19(25-28-18)16-3-5-17(21)6-4-16;/h3-6,15H,7-14H2,1-2H3,(H,22,23);1H. The third kappa shape index (κ3) is 7.42. The monoisotopic (exact) mass is 533 g/mol. The molecule has 1 fully saturated rings. The van der Waals surface area contributed by atoms with E-state index < -0.39 is 0 Å². The quantitative estimate of drug-likeness (QED) is 0.331. The van der Waals surface area contributed by atoms with E-state index in [0.29, 0.717) is 29.7 Å². The van der Waals surface area contributed by atoms with Crippen LogP contribution in [0.3, 0.4) is 0 Å². The van der Waals surface area contributed by atoms with E-state index in [9.17, 15) is 0 Å². The molecular weight excluding hydrogens is 505 g/mol. The number of aliphatic imine (C=N–C) groups is 1. The summed E-state index contributed by atoms with van der Waals surface area (Å²) >= 11 is 5.91. The molecule has 2 aromatic rings. The van der Waals surface area contributed by atoms with Gasteiger partial charge in [0.2, 0.25) is 11.7 Å². The molecule has 0 spiro atoms. The Hall–Kier alpha value is -1.39. The maximum Gasteiger partial charge on any atom is 0.228 e. The van der Waals surface area contributed by atoms with Gasteiger partial charge >= 0.3 is 0 Å². The lowest BCUT2D eigenvalue weighted by Crippen LogP contribution is -2.40. The molecule has 1 N–H and O–H groups in total. The normalized spacial score (nSPS) is 15.1. The van der Waals surface area contributed by atoms with E-state index in [1.165, 1.54) is 0 Å². The first-order valence-corrected chi connectivity index (χ1v) is 10.1. The number of hydrogen-bond donors (Lipinski definition) is 1. The summed E-state index contributed by atoms with van der Waals surface area (Å²) in [6.45, 7) is 3.44. The van der Waals surface area contributed by atoms with Gasteiger partial charge in [-0.05, 0) is 49.4 Å². The highest BCUT2D eigenvalue weighted by molar-refractivity contribution is 14.0. The van der Waals surface area contributed by atoms with Gasteiger partial charge in [-0.2, -0.15) is 4.98 Å². The minimum Gasteiger partial charge on any atom is -0.381 e. The van der Waals surface area contributed by atoms with Gasteiger partial charge < -0.3 is 19.5 Å². The molecule has 1 aromatic heterocycles. The fourth-order valence-corrected chi connectivity index (χ4v) is 3.38. The number of guanidine groups is 1. The van der Waals surface area contributed by atoms with Gasteiger partial charge in [-0.3, -0.25) is 4.99 Å². The molecule has 0 bridgehead atoms. The van der Waals surface area contributed by atoms with Crippen molar-refractivity contribution < 1.29 is 9.26 Å². The first-order valence-electron chi connectivity index (χ1n) is 9.73. The molecule has 0 unspecified atom stereocenters. The van der Waals surface area contributed by atoms with E-state index in [1.807, 2.05) is 24.3 Å². The van der Waals surface area contributed by atoms with Crippen molar-refractivity contribution in [3.63, 3.8) is 0 Å². The zero-order valence-corrected chi connectivity index (χ0v) is 20.0. The van der Waals surface area contributed by atoms with Crippen molar-refractivity contribution in [1.29, 1.82) is 0 Å². The van der Waals surface area contributed by atoms with Crippen molar-refractivity contribution in [3.8, 4) is 11.4 Å². The average Bonchev–Trinajstić information content (AvgIpc) is 3.19. The van der Waals surface area contributed by atoms with E-state index >= 15 is 0 Å². The highest BCUT2D eigenvalue weighted by Crippen LogP contribution is 2.19. The van der Waals surface area contributed by atoms with Crippen LogP contribution in [0.5, 0.6) is 0 Å². The summed E-state index contributed by atoms with van der Waals surface area (Å²) in [7, 11) is 3.87. The van der Waals surface area contributed by atoms with Crippen molar-refractivity contribution in [3.05, 3.63) is 35.2 Å². The van der Waals surface area contributed by atoms with Crippen LogP contribution in [0.15, 0.2) is 33.8 Å². The molecule has 0 atom stereocenters. The lowest BCUT2D eigenvalue weighted by Gasteiger charge is -2.26. The highest BCUT2D eigenvalue weighted by atomic mass is 127. The number of nitrogens with zero attached hydrogens (tertiary/aromatic N) is 4. The fraction of sp³-hybridized carbons (Fsp3) is 0.550. The third-order valence-electron chi connectivity index (χ3n) is 4.98. The van der Waals surface area contributed by atoms with Crippen LogP contribution in [0.25, 0.3) is 11.4 Å². The maximum atomic E-state index is 5.91. The molecule has 1 saturated heterocycles. The molecule has 3 rings (SSSR count). The topological polar surface area (TPSA) is 75.8 Å². The van der Waals surface area contributed by atoms with E-state index in [4.69, 9.17) is 20.9 Å². The predicted octanol–water partition coefficient (Wildman–Crippen LogP) is 3.87. The number of rotatable bonds is 7. The van der Waals surface area contributed by atoms with Crippen LogP contribution in [0.4, 0.5) is 0 Å². The van der Waals surface area contributed by atoms with Crippen LogP contribution in [0, 0.1) is 5.92 Å². The second kappa shape index (κ2) is 12.3. The number of ether oxygens (including phenoxy) is 1. The number of hydrogen-bond acceptors (Lipinski definition) is 5. The molecule has 0 radical (unpaired) electrons. The Bertz CT molecular complexity index is 762.